The van der Waals surface area contributed by atoms with Crippen LogP contribution in [-0.4, -0.2) is 25.0 Å². The van der Waals surface area contributed by atoms with E-state index in [0.29, 0.717) is 11.4 Å². The van der Waals surface area contributed by atoms with E-state index in [-0.39, 0.29) is 5.91 Å². The van der Waals surface area contributed by atoms with Crippen LogP contribution in [0.4, 0.5) is 0 Å². The van der Waals surface area contributed by atoms with E-state index in [0.717, 1.165) is 27.8 Å². The molecule has 0 fully saturated rings. The van der Waals surface area contributed by atoms with Gasteiger partial charge in [0, 0.05) is 11.4 Å². The van der Waals surface area contributed by atoms with E-state index in [1.54, 1.807) is 12.1 Å². The molecule has 4 rings (SSSR count). The molecule has 1 N–H and O–H groups in total. The largest absolute Gasteiger partial charge is 0.467 e. The highest BCUT2D eigenvalue weighted by molar-refractivity contribution is 6.30. The molecule has 3 aromatic rings. The topological polar surface area (TPSA) is 55.4 Å². The summed E-state index contributed by atoms with van der Waals surface area (Å²) < 4.78 is 4.93. The normalized spacial score (nSPS) is 13.3. The molecule has 0 bridgehead atoms. The number of carbonyl (C=O) groups excluding carboxylic acids is 2. The Bertz CT molecular complexity index is 1030. The predicted octanol–water partition coefficient (Wildman–Crippen LogP) is 4.35. The molecule has 1 aliphatic rings. The summed E-state index contributed by atoms with van der Waals surface area (Å²) in [6.45, 7) is 0. The molecule has 0 radical (unpaired) electrons. The lowest BCUT2D eigenvalue weighted by molar-refractivity contribution is -0.145. The summed E-state index contributed by atoms with van der Waals surface area (Å²) in [5.74, 6) is -1.17. The number of benzene rings is 3. The highest BCUT2D eigenvalue weighted by Crippen LogP contribution is 2.44. The zero-order valence-corrected chi connectivity index (χ0v) is 16.6. The van der Waals surface area contributed by atoms with Crippen LogP contribution in [0.25, 0.3) is 11.1 Å². The Morgan fingerprint density at radius 2 is 1.59 bits per heavy atom. The summed E-state index contributed by atoms with van der Waals surface area (Å²) in [6.07, 6.45) is 0.301. The Hall–Kier alpha value is -3.11. The monoisotopic (exact) mass is 405 g/mol. The van der Waals surface area contributed by atoms with Gasteiger partial charge in [-0.3, -0.25) is 4.79 Å². The lowest BCUT2D eigenvalue weighted by atomic mass is 9.95. The van der Waals surface area contributed by atoms with Crippen LogP contribution in [-0.2, 0) is 20.7 Å². The maximum atomic E-state index is 13.3. The Kier molecular flexibility index (Phi) is 5.36. The highest BCUT2D eigenvalue weighted by atomic mass is 35.5. The molecule has 4 nitrogen and oxygen atoms in total. The quantitative estimate of drug-likeness (QED) is 0.642. The van der Waals surface area contributed by atoms with Gasteiger partial charge in [-0.1, -0.05) is 72.3 Å². The number of halogens is 1. The van der Waals surface area contributed by atoms with Crippen LogP contribution in [0, 0.1) is 0 Å². The molecule has 0 aliphatic heterocycles. The number of nitrogens with one attached hydrogen (secondary N) is 1. The van der Waals surface area contributed by atoms with Gasteiger partial charge in [-0.05, 0) is 39.9 Å². The molecule has 0 spiro atoms. The predicted molar refractivity (Wildman–Crippen MR) is 113 cm³/mol. The van der Waals surface area contributed by atoms with Crippen molar-refractivity contribution in [1.29, 1.82) is 0 Å². The number of ether oxygens (including phenoxy) is 1. The van der Waals surface area contributed by atoms with Gasteiger partial charge in [-0.2, -0.15) is 0 Å². The van der Waals surface area contributed by atoms with Crippen molar-refractivity contribution >= 4 is 23.5 Å². The number of amides is 1. The molecule has 1 aliphatic carbocycles. The van der Waals surface area contributed by atoms with Crippen LogP contribution in [0.5, 0.6) is 0 Å². The van der Waals surface area contributed by atoms with Crippen molar-refractivity contribution in [3.8, 4) is 11.1 Å². The molecule has 0 heterocycles. The number of carbonyl (C=O) groups is 2. The van der Waals surface area contributed by atoms with Gasteiger partial charge in [0.1, 0.15) is 6.04 Å². The zero-order valence-electron chi connectivity index (χ0n) is 15.9. The SMILES string of the molecule is COC(=O)[C@@H](Cc1cccc(Cl)c1)NC(=O)C1c2ccccc2-c2ccccc21. The Balaban J connectivity index is 1.63. The van der Waals surface area contributed by atoms with E-state index < -0.39 is 17.9 Å². The number of rotatable bonds is 5. The van der Waals surface area contributed by atoms with Crippen molar-refractivity contribution in [2.24, 2.45) is 0 Å². The standard InChI is InChI=1S/C24H20ClNO3/c1-29-24(28)21(14-15-7-6-8-16(25)13-15)26-23(27)22-19-11-4-2-9-17(19)18-10-3-5-12-20(18)22/h2-13,21-22H,14H2,1H3,(H,26,27)/t21-/m1/s1. The molecule has 0 aromatic heterocycles. The summed E-state index contributed by atoms with van der Waals surface area (Å²) in [5.41, 5.74) is 4.83. The Morgan fingerprint density at radius 3 is 2.17 bits per heavy atom. The second kappa shape index (κ2) is 8.10. The molecule has 5 heteroatoms. The highest BCUT2D eigenvalue weighted by Gasteiger charge is 2.35. The van der Waals surface area contributed by atoms with Gasteiger partial charge in [0.15, 0.2) is 0 Å². The third kappa shape index (κ3) is 3.76. The van der Waals surface area contributed by atoms with E-state index in [2.05, 4.69) is 5.32 Å². The average molecular weight is 406 g/mol. The van der Waals surface area contributed by atoms with Crippen LogP contribution in [0.1, 0.15) is 22.6 Å². The minimum atomic E-state index is -0.800. The van der Waals surface area contributed by atoms with E-state index >= 15 is 0 Å². The minimum absolute atomic E-state index is 0.222. The first-order valence-corrected chi connectivity index (χ1v) is 9.77. The van der Waals surface area contributed by atoms with Gasteiger partial charge >= 0.3 is 5.97 Å². The fraction of sp³-hybridized carbons (Fsp3) is 0.167. The van der Waals surface area contributed by atoms with Crippen molar-refractivity contribution in [3.05, 3.63) is 94.5 Å². The molecular formula is C24H20ClNO3. The fourth-order valence-electron chi connectivity index (χ4n) is 3.93. The zero-order chi connectivity index (χ0) is 20.4. The summed E-state index contributed by atoms with van der Waals surface area (Å²) in [6, 6.07) is 22.2. The van der Waals surface area contributed by atoms with Crippen LogP contribution < -0.4 is 5.32 Å². The molecule has 1 amide bonds. The molecule has 29 heavy (non-hydrogen) atoms. The molecule has 0 unspecified atom stereocenters. The van der Waals surface area contributed by atoms with E-state index in [1.165, 1.54) is 7.11 Å². The first-order chi connectivity index (χ1) is 14.1. The number of methoxy groups -OCH3 is 1. The van der Waals surface area contributed by atoms with Crippen molar-refractivity contribution in [2.45, 2.75) is 18.4 Å². The van der Waals surface area contributed by atoms with E-state index in [1.807, 2.05) is 60.7 Å². The lowest BCUT2D eigenvalue weighted by Crippen LogP contribution is -2.45. The molecule has 146 valence electrons. The van der Waals surface area contributed by atoms with Crippen LogP contribution in [0.3, 0.4) is 0 Å². The molecule has 1 atom stereocenters. The fourth-order valence-corrected chi connectivity index (χ4v) is 4.14. The van der Waals surface area contributed by atoms with E-state index in [4.69, 9.17) is 16.3 Å². The number of hydrogen-bond donors (Lipinski definition) is 1. The van der Waals surface area contributed by atoms with Gasteiger partial charge in [0.2, 0.25) is 5.91 Å². The van der Waals surface area contributed by atoms with Gasteiger partial charge in [-0.15, -0.1) is 0 Å². The summed E-state index contributed by atoms with van der Waals surface area (Å²) in [7, 11) is 1.32. The third-order valence-electron chi connectivity index (χ3n) is 5.23. The first kappa shape index (κ1) is 19.2. The number of esters is 1. The van der Waals surface area contributed by atoms with Crippen molar-refractivity contribution in [3.63, 3.8) is 0 Å². The average Bonchev–Trinajstić information content (AvgIpc) is 3.07. The van der Waals surface area contributed by atoms with Crippen LogP contribution in [0.15, 0.2) is 72.8 Å². The minimum Gasteiger partial charge on any atom is -0.467 e. The van der Waals surface area contributed by atoms with Gasteiger partial charge in [0.05, 0.1) is 13.0 Å². The maximum Gasteiger partial charge on any atom is 0.328 e. The number of hydrogen-bond acceptors (Lipinski definition) is 3. The van der Waals surface area contributed by atoms with Gasteiger partial charge < -0.3 is 10.1 Å². The van der Waals surface area contributed by atoms with Gasteiger partial charge in [0.25, 0.3) is 0 Å². The Morgan fingerprint density at radius 1 is 0.966 bits per heavy atom. The first-order valence-electron chi connectivity index (χ1n) is 9.39. The van der Waals surface area contributed by atoms with Crippen molar-refractivity contribution in [2.75, 3.05) is 7.11 Å². The number of fused-ring (bicyclic) bond motifs is 3. The summed E-state index contributed by atoms with van der Waals surface area (Å²) in [5, 5.41) is 3.48. The summed E-state index contributed by atoms with van der Waals surface area (Å²) >= 11 is 6.06. The molecule has 0 saturated heterocycles. The molecule has 0 saturated carbocycles. The third-order valence-corrected chi connectivity index (χ3v) is 5.46. The molecule has 3 aromatic carbocycles. The van der Waals surface area contributed by atoms with Crippen LogP contribution in [0.2, 0.25) is 5.02 Å². The maximum absolute atomic E-state index is 13.3. The van der Waals surface area contributed by atoms with Crippen molar-refractivity contribution in [1.82, 2.24) is 5.32 Å². The lowest BCUT2D eigenvalue weighted by Gasteiger charge is -2.20. The smallest absolute Gasteiger partial charge is 0.328 e. The van der Waals surface area contributed by atoms with Crippen LogP contribution >= 0.6 is 11.6 Å². The Labute approximate surface area is 174 Å². The second-order valence-electron chi connectivity index (χ2n) is 7.03. The van der Waals surface area contributed by atoms with Crippen molar-refractivity contribution < 1.29 is 14.3 Å². The van der Waals surface area contributed by atoms with E-state index in [9.17, 15) is 9.59 Å². The van der Waals surface area contributed by atoms with Gasteiger partial charge in [-0.25, -0.2) is 4.79 Å². The molecular weight excluding hydrogens is 386 g/mol. The second-order valence-corrected chi connectivity index (χ2v) is 7.46. The summed E-state index contributed by atoms with van der Waals surface area (Å²) in [4.78, 5) is 25.7.